The summed E-state index contributed by atoms with van der Waals surface area (Å²) in [5.74, 6) is 2.46. The molecule has 0 saturated heterocycles. The molecule has 0 amide bonds. The molecule has 2 heteroatoms. The first-order valence-corrected chi connectivity index (χ1v) is 42.7. The molecule has 0 heterocycles. The van der Waals surface area contributed by atoms with Crippen molar-refractivity contribution in [3.63, 3.8) is 0 Å². The van der Waals surface area contributed by atoms with E-state index in [0.717, 1.165) is 28.4 Å². The van der Waals surface area contributed by atoms with Gasteiger partial charge in [-0.1, -0.05) is 348 Å². The number of benzene rings is 12. The molecule has 0 atom stereocenters. The molecule has 0 spiro atoms. The zero-order valence-corrected chi connectivity index (χ0v) is 68.4. The van der Waals surface area contributed by atoms with E-state index in [-0.39, 0.29) is 21.7 Å². The molecular formula is C108H120N2. The molecule has 562 valence electrons. The van der Waals surface area contributed by atoms with Crippen molar-refractivity contribution in [1.29, 1.82) is 0 Å². The molecular weight excluding hydrogens is 1330 g/mol. The highest BCUT2D eigenvalue weighted by atomic mass is 15.2. The average molecular weight is 1450 g/mol. The van der Waals surface area contributed by atoms with E-state index in [1.807, 2.05) is 0 Å². The largest absolute Gasteiger partial charge is 0.309 e. The predicted molar refractivity (Wildman–Crippen MR) is 476 cm³/mol. The SMILES string of the molecule is CC(C)(C)c1cc(N(c2ccc(-c3ccc(C4CCCCC4)cc3)cc2-c2ccc(C3CCCCC3)cc2)c2c3ccccc3c(N(c3cc(C(C)(C)C)cc(C(C)(C)C)c3)c3ccc(-c4ccc(C5CCCCC5)cc4)cc3-c3ccc(C4CCCCC4)cc3)c3cc(-c4ccccc4)ccc23)cc(C(C)(C)C)c1. The van der Waals surface area contributed by atoms with E-state index < -0.39 is 0 Å². The van der Waals surface area contributed by atoms with Crippen LogP contribution in [0.1, 0.15) is 280 Å². The fraction of sp³-hybridized carbons (Fsp3) is 0.370. The Labute approximate surface area is 660 Å². The summed E-state index contributed by atoms with van der Waals surface area (Å²) in [6, 6.07) is 97.8. The van der Waals surface area contributed by atoms with Gasteiger partial charge < -0.3 is 9.80 Å². The zero-order chi connectivity index (χ0) is 76.1. The topological polar surface area (TPSA) is 6.48 Å². The smallest absolute Gasteiger partial charge is 0.0620 e. The molecule has 0 radical (unpaired) electrons. The van der Waals surface area contributed by atoms with Gasteiger partial charge in [-0.05, 0) is 240 Å². The highest BCUT2D eigenvalue weighted by Crippen LogP contribution is 2.57. The van der Waals surface area contributed by atoms with Crippen molar-refractivity contribution in [2.45, 2.75) is 257 Å². The number of hydrogen-bond donors (Lipinski definition) is 0. The first-order chi connectivity index (χ1) is 53.1. The van der Waals surface area contributed by atoms with Gasteiger partial charge in [-0.25, -0.2) is 0 Å². The van der Waals surface area contributed by atoms with E-state index >= 15 is 0 Å². The van der Waals surface area contributed by atoms with Gasteiger partial charge in [-0.3, -0.25) is 0 Å². The monoisotopic (exact) mass is 1440 g/mol. The van der Waals surface area contributed by atoms with Crippen molar-refractivity contribution in [2.75, 3.05) is 9.80 Å². The van der Waals surface area contributed by atoms with Crippen molar-refractivity contribution in [3.8, 4) is 55.6 Å². The minimum atomic E-state index is -0.169. The molecule has 4 saturated carbocycles. The summed E-state index contributed by atoms with van der Waals surface area (Å²) in [6.07, 6.45) is 26.1. The van der Waals surface area contributed by atoms with Gasteiger partial charge in [-0.15, -0.1) is 0 Å². The summed E-state index contributed by atoms with van der Waals surface area (Å²) in [6.45, 7) is 28.8. The Morgan fingerprint density at radius 2 is 0.482 bits per heavy atom. The lowest BCUT2D eigenvalue weighted by Crippen LogP contribution is -2.21. The van der Waals surface area contributed by atoms with Crippen molar-refractivity contribution in [3.05, 3.63) is 287 Å². The van der Waals surface area contributed by atoms with Crippen LogP contribution in [0.25, 0.3) is 77.2 Å². The Kier molecular flexibility index (Phi) is 21.2. The first-order valence-electron chi connectivity index (χ1n) is 42.7. The van der Waals surface area contributed by atoms with E-state index in [0.29, 0.717) is 23.7 Å². The third-order valence-corrected chi connectivity index (χ3v) is 26.1. The molecule has 0 N–H and O–H groups in total. The van der Waals surface area contributed by atoms with Crippen molar-refractivity contribution < 1.29 is 0 Å². The molecule has 0 unspecified atom stereocenters. The van der Waals surface area contributed by atoms with E-state index in [2.05, 4.69) is 336 Å². The second-order valence-electron chi connectivity index (χ2n) is 37.9. The second-order valence-corrected chi connectivity index (χ2v) is 37.9. The molecule has 4 aliphatic carbocycles. The van der Waals surface area contributed by atoms with E-state index in [1.54, 1.807) is 0 Å². The van der Waals surface area contributed by atoms with Crippen LogP contribution in [0.5, 0.6) is 0 Å². The molecule has 0 aromatic heterocycles. The van der Waals surface area contributed by atoms with Crippen molar-refractivity contribution in [2.24, 2.45) is 0 Å². The van der Waals surface area contributed by atoms with E-state index in [9.17, 15) is 0 Å². The van der Waals surface area contributed by atoms with Crippen molar-refractivity contribution >= 4 is 55.7 Å². The second kappa shape index (κ2) is 31.1. The zero-order valence-electron chi connectivity index (χ0n) is 68.4. The quantitative estimate of drug-likeness (QED) is 0.0746. The number of rotatable bonds is 15. The average Bonchev–Trinajstić information content (AvgIpc) is 0.712. The Hall–Kier alpha value is -9.24. The summed E-state index contributed by atoms with van der Waals surface area (Å²) >= 11 is 0. The van der Waals surface area contributed by atoms with Crippen molar-refractivity contribution in [1.82, 2.24) is 0 Å². The van der Waals surface area contributed by atoms with E-state index in [4.69, 9.17) is 0 Å². The van der Waals surface area contributed by atoms with E-state index in [1.165, 1.54) is 256 Å². The molecule has 0 bridgehead atoms. The maximum Gasteiger partial charge on any atom is 0.0620 e. The van der Waals surface area contributed by atoms with Crippen LogP contribution >= 0.6 is 0 Å². The molecule has 2 nitrogen and oxygen atoms in total. The highest BCUT2D eigenvalue weighted by Gasteiger charge is 2.34. The lowest BCUT2D eigenvalue weighted by Gasteiger charge is -2.36. The maximum absolute atomic E-state index is 2.74. The summed E-state index contributed by atoms with van der Waals surface area (Å²) < 4.78 is 0. The molecule has 4 fully saturated rings. The first kappa shape index (κ1) is 74.8. The molecule has 4 aliphatic rings. The Balaban J connectivity index is 1.01. The van der Waals surface area contributed by atoms with Gasteiger partial charge in [0.2, 0.25) is 0 Å². The van der Waals surface area contributed by atoms with Crippen LogP contribution < -0.4 is 9.80 Å². The Morgan fingerprint density at radius 3 is 0.809 bits per heavy atom. The van der Waals surface area contributed by atoms with Crippen LogP contribution in [0, 0.1) is 0 Å². The standard InChI is InChI=1S/C108H120N2/c1-105(2,3)89-67-90(106(4,5)6)70-93(69-89)109(101-62-59-87(82-46-42-78(43-47-82)73-30-18-13-19-31-73)64-98(101)84-54-50-80(51-55-84)75-34-22-15-23-35-75)103-95-40-28-29-41-96(95)104(100-66-86(58-61-97(100)103)77-38-26-17-27-39-77)110(94-71-91(107(7,8)9)68-92(72-94)108(10,11)12)102-63-60-88(83-48-44-79(45-49-83)74-32-20-14-21-33-74)65-99(102)85-56-52-81(53-57-85)76-36-24-16-25-37-76/h17,26-29,38-76H,13-16,18-25,30-37H2,1-12H3. The van der Waals surface area contributed by atoms with Crippen LogP contribution in [-0.4, -0.2) is 0 Å². The summed E-state index contributed by atoms with van der Waals surface area (Å²) in [4.78, 5) is 5.47. The Morgan fingerprint density at radius 1 is 0.218 bits per heavy atom. The molecule has 12 aromatic carbocycles. The van der Waals surface area contributed by atoms with Crippen LogP contribution in [-0.2, 0) is 21.7 Å². The number of fused-ring (bicyclic) bond motifs is 2. The third kappa shape index (κ3) is 15.8. The number of hydrogen-bond acceptors (Lipinski definition) is 2. The summed E-state index contributed by atoms with van der Waals surface area (Å²) in [7, 11) is 0. The lowest BCUT2D eigenvalue weighted by molar-refractivity contribution is 0.443. The summed E-state index contributed by atoms with van der Waals surface area (Å²) in [5.41, 5.74) is 29.7. The van der Waals surface area contributed by atoms with Gasteiger partial charge in [-0.2, -0.15) is 0 Å². The van der Waals surface area contributed by atoms with Gasteiger partial charge in [0, 0.05) is 44.0 Å². The predicted octanol–water partition coefficient (Wildman–Crippen LogP) is 32.6. The fourth-order valence-corrected chi connectivity index (χ4v) is 19.2. The van der Waals surface area contributed by atoms with Gasteiger partial charge in [0.05, 0.1) is 22.7 Å². The minimum absolute atomic E-state index is 0.165. The summed E-state index contributed by atoms with van der Waals surface area (Å²) in [5, 5.41) is 4.73. The third-order valence-electron chi connectivity index (χ3n) is 26.1. The molecule has 0 aliphatic heterocycles. The number of nitrogens with zero attached hydrogens (tertiary/aromatic N) is 2. The van der Waals surface area contributed by atoms with Crippen LogP contribution in [0.2, 0.25) is 0 Å². The number of anilines is 6. The molecule has 16 rings (SSSR count). The fourth-order valence-electron chi connectivity index (χ4n) is 19.2. The van der Waals surface area contributed by atoms with Crippen LogP contribution in [0.4, 0.5) is 34.1 Å². The Bertz CT molecular complexity index is 5150. The van der Waals surface area contributed by atoms with Gasteiger partial charge >= 0.3 is 0 Å². The van der Waals surface area contributed by atoms with Gasteiger partial charge in [0.15, 0.2) is 0 Å². The van der Waals surface area contributed by atoms with Gasteiger partial charge in [0.1, 0.15) is 0 Å². The van der Waals surface area contributed by atoms with Gasteiger partial charge in [0.25, 0.3) is 0 Å². The maximum atomic E-state index is 2.74. The lowest BCUT2D eigenvalue weighted by atomic mass is 9.80. The van der Waals surface area contributed by atoms with Crippen LogP contribution in [0.15, 0.2) is 243 Å². The highest BCUT2D eigenvalue weighted by molar-refractivity contribution is 6.24. The molecule has 12 aromatic rings. The van der Waals surface area contributed by atoms with Crippen LogP contribution in [0.3, 0.4) is 0 Å². The molecule has 110 heavy (non-hydrogen) atoms. The minimum Gasteiger partial charge on any atom is -0.309 e. The normalized spacial score (nSPS) is 16.2.